The molecule has 0 radical (unpaired) electrons. The molecule has 0 spiro atoms. The third kappa shape index (κ3) is 4.82. The van der Waals surface area contributed by atoms with Gasteiger partial charge in [0.15, 0.2) is 6.10 Å². The maximum Gasteiger partial charge on any atom is 0.264 e. The first kappa shape index (κ1) is 24.7. The molecule has 0 saturated carbocycles. The summed E-state index contributed by atoms with van der Waals surface area (Å²) in [7, 11) is -3.94. The zero-order valence-electron chi connectivity index (χ0n) is 20.1. The number of carbonyl (C=O) groups excluding carboxylic acids is 1. The van der Waals surface area contributed by atoms with E-state index in [-0.39, 0.29) is 23.4 Å². The van der Waals surface area contributed by atoms with Crippen molar-refractivity contribution in [3.8, 4) is 5.75 Å². The van der Waals surface area contributed by atoms with Gasteiger partial charge >= 0.3 is 0 Å². The number of amides is 1. The van der Waals surface area contributed by atoms with E-state index < -0.39 is 16.1 Å². The number of ether oxygens (including phenoxy) is 1. The van der Waals surface area contributed by atoms with Crippen LogP contribution in [-0.4, -0.2) is 27.0 Å². The second kappa shape index (κ2) is 10.1. The molecule has 2 atom stereocenters. The molecule has 1 amide bonds. The van der Waals surface area contributed by atoms with Crippen molar-refractivity contribution in [2.45, 2.75) is 56.1 Å². The molecule has 3 aromatic rings. The minimum Gasteiger partial charge on any atom is -0.476 e. The average Bonchev–Trinajstić information content (AvgIpc) is 2.91. The normalized spacial score (nSPS) is 17.9. The number of halogens is 1. The Kier molecular flexibility index (Phi) is 6.95. The number of carbonyl (C=O) groups is 1. The van der Waals surface area contributed by atoms with Crippen LogP contribution < -0.4 is 14.4 Å². The number of aryl methyl sites for hydroxylation is 2. The number of benzene rings is 3. The van der Waals surface area contributed by atoms with Crippen molar-refractivity contribution in [3.05, 3.63) is 88.4 Å². The molecule has 1 heterocycles. The van der Waals surface area contributed by atoms with Crippen molar-refractivity contribution < 1.29 is 17.9 Å². The quantitative estimate of drug-likeness (QED) is 0.465. The number of hydrogen-bond donors (Lipinski definition) is 1. The van der Waals surface area contributed by atoms with E-state index in [4.69, 9.17) is 16.3 Å². The zero-order valence-corrected chi connectivity index (χ0v) is 21.7. The molecule has 188 valence electrons. The van der Waals surface area contributed by atoms with Crippen molar-refractivity contribution in [1.82, 2.24) is 5.32 Å². The summed E-state index contributed by atoms with van der Waals surface area (Å²) >= 11 is 6.19. The molecule has 1 aliphatic carbocycles. The molecule has 1 N–H and O–H groups in total. The van der Waals surface area contributed by atoms with E-state index in [9.17, 15) is 13.2 Å². The van der Waals surface area contributed by atoms with E-state index >= 15 is 0 Å². The Labute approximate surface area is 217 Å². The zero-order chi connectivity index (χ0) is 25.3. The summed E-state index contributed by atoms with van der Waals surface area (Å²) in [6, 6.07) is 19.2. The van der Waals surface area contributed by atoms with Crippen molar-refractivity contribution in [1.29, 1.82) is 0 Å². The molecule has 36 heavy (non-hydrogen) atoms. The van der Waals surface area contributed by atoms with Crippen LogP contribution in [0.5, 0.6) is 5.75 Å². The van der Waals surface area contributed by atoms with Crippen LogP contribution in [0.15, 0.2) is 71.6 Å². The van der Waals surface area contributed by atoms with Crippen LogP contribution in [0.4, 0.5) is 5.69 Å². The monoisotopic (exact) mass is 524 g/mol. The highest BCUT2D eigenvalue weighted by Gasteiger charge is 2.38. The first-order chi connectivity index (χ1) is 17.4. The van der Waals surface area contributed by atoms with Gasteiger partial charge in [0.1, 0.15) is 5.75 Å². The molecule has 2 unspecified atom stereocenters. The predicted molar refractivity (Wildman–Crippen MR) is 141 cm³/mol. The average molecular weight is 525 g/mol. The van der Waals surface area contributed by atoms with E-state index in [1.54, 1.807) is 36.4 Å². The topological polar surface area (TPSA) is 75.7 Å². The summed E-state index contributed by atoms with van der Waals surface area (Å²) in [5, 5.41) is 3.48. The fraction of sp³-hybridized carbons (Fsp3) is 0.321. The summed E-state index contributed by atoms with van der Waals surface area (Å²) in [4.78, 5) is 13.6. The second-order valence-corrected chi connectivity index (χ2v) is 11.6. The largest absolute Gasteiger partial charge is 0.476 e. The minimum atomic E-state index is -3.94. The molecule has 1 aliphatic heterocycles. The Morgan fingerprint density at radius 1 is 1.06 bits per heavy atom. The van der Waals surface area contributed by atoms with Gasteiger partial charge in [-0.2, -0.15) is 0 Å². The van der Waals surface area contributed by atoms with Crippen LogP contribution >= 0.6 is 11.6 Å². The van der Waals surface area contributed by atoms with Crippen LogP contribution in [0.2, 0.25) is 5.02 Å². The third-order valence-electron chi connectivity index (χ3n) is 6.91. The van der Waals surface area contributed by atoms with Gasteiger partial charge in [-0.3, -0.25) is 9.10 Å². The molecule has 0 fully saturated rings. The number of fused-ring (bicyclic) bond motifs is 2. The smallest absolute Gasteiger partial charge is 0.264 e. The van der Waals surface area contributed by atoms with Crippen molar-refractivity contribution in [3.63, 3.8) is 0 Å². The Bertz CT molecular complexity index is 1380. The van der Waals surface area contributed by atoms with Crippen molar-refractivity contribution in [2.24, 2.45) is 0 Å². The lowest BCUT2D eigenvalue weighted by atomic mass is 9.88. The van der Waals surface area contributed by atoms with E-state index in [1.807, 2.05) is 6.92 Å². The first-order valence-corrected chi connectivity index (χ1v) is 14.1. The number of nitrogens with zero attached hydrogens (tertiary/aromatic N) is 1. The number of sulfonamides is 1. The fourth-order valence-electron chi connectivity index (χ4n) is 4.96. The van der Waals surface area contributed by atoms with Crippen LogP contribution in [0.3, 0.4) is 0 Å². The van der Waals surface area contributed by atoms with E-state index in [2.05, 4.69) is 23.5 Å². The summed E-state index contributed by atoms with van der Waals surface area (Å²) in [6.45, 7) is 1.87. The summed E-state index contributed by atoms with van der Waals surface area (Å²) in [5.41, 5.74) is 4.12. The maximum absolute atomic E-state index is 13.6. The predicted octanol–water partition coefficient (Wildman–Crippen LogP) is 5.44. The van der Waals surface area contributed by atoms with Gasteiger partial charge in [-0.1, -0.05) is 54.9 Å². The Hall–Kier alpha value is -3.03. The Balaban J connectivity index is 1.42. The highest BCUT2D eigenvalue weighted by atomic mass is 35.5. The van der Waals surface area contributed by atoms with Gasteiger partial charge < -0.3 is 10.1 Å². The van der Waals surface area contributed by atoms with Crippen molar-refractivity contribution >= 4 is 33.2 Å². The number of nitrogens with one attached hydrogen (secondary N) is 1. The minimum absolute atomic E-state index is 0.137. The fourth-order valence-corrected chi connectivity index (χ4v) is 6.62. The number of rotatable bonds is 6. The Morgan fingerprint density at radius 2 is 1.81 bits per heavy atom. The number of anilines is 1. The molecule has 0 saturated heterocycles. The van der Waals surface area contributed by atoms with Gasteiger partial charge in [-0.25, -0.2) is 8.42 Å². The van der Waals surface area contributed by atoms with Crippen LogP contribution in [-0.2, 0) is 27.7 Å². The molecular formula is C28H29ClN2O4S. The van der Waals surface area contributed by atoms with Gasteiger partial charge in [0.2, 0.25) is 0 Å². The molecule has 6 nitrogen and oxygen atoms in total. The van der Waals surface area contributed by atoms with Gasteiger partial charge in [0.25, 0.3) is 15.9 Å². The van der Waals surface area contributed by atoms with Crippen LogP contribution in [0, 0.1) is 0 Å². The highest BCUT2D eigenvalue weighted by molar-refractivity contribution is 7.92. The van der Waals surface area contributed by atoms with E-state index in [0.29, 0.717) is 22.9 Å². The molecule has 8 heteroatoms. The van der Waals surface area contributed by atoms with E-state index in [1.165, 1.54) is 40.4 Å². The van der Waals surface area contributed by atoms with E-state index in [0.717, 1.165) is 18.4 Å². The van der Waals surface area contributed by atoms with Gasteiger partial charge in [0.05, 0.1) is 23.2 Å². The van der Waals surface area contributed by atoms with Gasteiger partial charge in [0, 0.05) is 5.02 Å². The number of hydrogen-bond acceptors (Lipinski definition) is 4. The van der Waals surface area contributed by atoms with Gasteiger partial charge in [-0.15, -0.1) is 0 Å². The molecule has 2 aliphatic rings. The molecule has 3 aromatic carbocycles. The van der Waals surface area contributed by atoms with Gasteiger partial charge in [-0.05, 0) is 79.1 Å². The highest BCUT2D eigenvalue weighted by Crippen LogP contribution is 2.39. The first-order valence-electron chi connectivity index (χ1n) is 12.3. The summed E-state index contributed by atoms with van der Waals surface area (Å²) in [6.07, 6.45) is 4.26. The lowest BCUT2D eigenvalue weighted by Gasteiger charge is -2.35. The maximum atomic E-state index is 13.6. The van der Waals surface area contributed by atoms with Crippen molar-refractivity contribution in [2.75, 3.05) is 10.8 Å². The third-order valence-corrected chi connectivity index (χ3v) is 8.94. The molecule has 0 bridgehead atoms. The second-order valence-electron chi connectivity index (χ2n) is 9.27. The SMILES string of the molecule is CCC(NC(=O)C1CN(S(=O)(=O)c2ccccc2)c2cc(Cl)ccc2O1)c1ccc2c(c1)CCCC2. The lowest BCUT2D eigenvalue weighted by molar-refractivity contribution is -0.128. The molecular weight excluding hydrogens is 496 g/mol. The van der Waals surface area contributed by atoms with Crippen LogP contribution in [0.25, 0.3) is 0 Å². The van der Waals surface area contributed by atoms with Crippen LogP contribution in [0.1, 0.15) is 48.9 Å². The standard InChI is InChI=1S/C28H29ClN2O4S/c1-2-24(21-13-12-19-8-6-7-9-20(19)16-21)30-28(32)27-18-31(25-17-22(29)14-15-26(25)35-27)36(33,34)23-10-4-3-5-11-23/h3-5,10-17,24,27H,2,6-9,18H2,1H3,(H,30,32). The molecule has 5 rings (SSSR count). The molecule has 0 aromatic heterocycles. The Morgan fingerprint density at radius 3 is 2.56 bits per heavy atom. The summed E-state index contributed by atoms with van der Waals surface area (Å²) in [5.74, 6) is -0.0550. The summed E-state index contributed by atoms with van der Waals surface area (Å²) < 4.78 is 34.3. The lowest BCUT2D eigenvalue weighted by Crippen LogP contribution is -2.51.